The molecule has 0 saturated heterocycles. The molecular weight excluding hydrogens is 156 g/mol. The van der Waals surface area contributed by atoms with Gasteiger partial charge < -0.3 is 9.52 Å². The number of carbonyl (C=O) groups is 1. The van der Waals surface area contributed by atoms with E-state index in [4.69, 9.17) is 9.52 Å². The molecule has 1 aromatic rings. The van der Waals surface area contributed by atoms with Gasteiger partial charge in [0, 0.05) is 13.0 Å². The smallest absolute Gasteiger partial charge is 0.185 e. The average Bonchev–Trinajstić information content (AvgIpc) is 2.53. The summed E-state index contributed by atoms with van der Waals surface area (Å²) in [4.78, 5) is 10.2. The summed E-state index contributed by atoms with van der Waals surface area (Å²) in [5.74, 6) is 1.18. The second kappa shape index (κ2) is 4.72. The van der Waals surface area contributed by atoms with Crippen molar-refractivity contribution in [3.05, 3.63) is 23.7 Å². The predicted octanol–water partition coefficient (Wildman–Crippen LogP) is 1.41. The summed E-state index contributed by atoms with van der Waals surface area (Å²) in [6, 6.07) is 3.45. The molecule has 0 atom stereocenters. The number of aldehydes is 1. The zero-order valence-electron chi connectivity index (χ0n) is 6.82. The van der Waals surface area contributed by atoms with Gasteiger partial charge >= 0.3 is 0 Å². The average molecular weight is 168 g/mol. The van der Waals surface area contributed by atoms with E-state index < -0.39 is 0 Å². The highest BCUT2D eigenvalue weighted by molar-refractivity contribution is 5.70. The van der Waals surface area contributed by atoms with Gasteiger partial charge in [0.1, 0.15) is 5.76 Å². The van der Waals surface area contributed by atoms with Gasteiger partial charge in [-0.1, -0.05) is 0 Å². The highest BCUT2D eigenvalue weighted by Crippen LogP contribution is 2.08. The molecule has 1 heterocycles. The van der Waals surface area contributed by atoms with Gasteiger partial charge in [-0.05, 0) is 25.0 Å². The van der Waals surface area contributed by atoms with Crippen LogP contribution in [0.2, 0.25) is 0 Å². The highest BCUT2D eigenvalue weighted by atomic mass is 16.3. The van der Waals surface area contributed by atoms with Crippen molar-refractivity contribution in [2.45, 2.75) is 19.3 Å². The summed E-state index contributed by atoms with van der Waals surface area (Å²) in [5.41, 5.74) is 0. The summed E-state index contributed by atoms with van der Waals surface area (Å²) in [5, 5.41) is 8.51. The maximum atomic E-state index is 10.2. The first kappa shape index (κ1) is 9.00. The fourth-order valence-corrected chi connectivity index (χ4v) is 1.00. The molecule has 1 rings (SSSR count). The number of carbonyl (C=O) groups excluding carboxylic acids is 1. The van der Waals surface area contributed by atoms with E-state index in [9.17, 15) is 4.79 Å². The van der Waals surface area contributed by atoms with Gasteiger partial charge in [0.2, 0.25) is 0 Å². The molecule has 0 aliphatic heterocycles. The van der Waals surface area contributed by atoms with Crippen LogP contribution in [0.15, 0.2) is 16.5 Å². The Morgan fingerprint density at radius 3 is 2.83 bits per heavy atom. The van der Waals surface area contributed by atoms with E-state index in [1.54, 1.807) is 12.1 Å². The molecule has 0 aliphatic rings. The largest absolute Gasteiger partial charge is 0.458 e. The molecule has 0 fully saturated rings. The van der Waals surface area contributed by atoms with Crippen LogP contribution in [0, 0.1) is 0 Å². The Morgan fingerprint density at radius 1 is 1.42 bits per heavy atom. The molecule has 1 aromatic heterocycles. The summed E-state index contributed by atoms with van der Waals surface area (Å²) in [7, 11) is 0. The second-order valence-corrected chi connectivity index (χ2v) is 2.60. The Hall–Kier alpha value is -1.09. The summed E-state index contributed by atoms with van der Waals surface area (Å²) in [6.07, 6.45) is 3.14. The molecule has 0 unspecified atom stereocenters. The van der Waals surface area contributed by atoms with Crippen LogP contribution in [0.4, 0.5) is 0 Å². The number of furan rings is 1. The Kier molecular flexibility index (Phi) is 3.54. The van der Waals surface area contributed by atoms with Gasteiger partial charge in [-0.15, -0.1) is 0 Å². The van der Waals surface area contributed by atoms with E-state index in [0.717, 1.165) is 25.0 Å². The Labute approximate surface area is 71.0 Å². The normalized spacial score (nSPS) is 10.1. The number of hydrogen-bond acceptors (Lipinski definition) is 3. The van der Waals surface area contributed by atoms with Gasteiger partial charge in [-0.3, -0.25) is 4.79 Å². The van der Waals surface area contributed by atoms with Crippen molar-refractivity contribution >= 4 is 6.29 Å². The van der Waals surface area contributed by atoms with Crippen molar-refractivity contribution in [3.63, 3.8) is 0 Å². The molecule has 12 heavy (non-hydrogen) atoms. The summed E-state index contributed by atoms with van der Waals surface area (Å²) < 4.78 is 5.13. The number of rotatable bonds is 5. The fourth-order valence-electron chi connectivity index (χ4n) is 1.00. The zero-order valence-corrected chi connectivity index (χ0v) is 6.82. The Balaban J connectivity index is 2.36. The summed E-state index contributed by atoms with van der Waals surface area (Å²) >= 11 is 0. The molecule has 0 aliphatic carbocycles. The maximum Gasteiger partial charge on any atom is 0.185 e. The molecular formula is C9H12O3. The first-order chi connectivity index (χ1) is 5.86. The monoisotopic (exact) mass is 168 g/mol. The molecule has 3 nitrogen and oxygen atoms in total. The van der Waals surface area contributed by atoms with Crippen molar-refractivity contribution < 1.29 is 14.3 Å². The molecule has 3 heteroatoms. The minimum Gasteiger partial charge on any atom is -0.458 e. The lowest BCUT2D eigenvalue weighted by molar-refractivity contribution is 0.109. The van der Waals surface area contributed by atoms with Crippen LogP contribution in [-0.2, 0) is 6.42 Å². The van der Waals surface area contributed by atoms with Gasteiger partial charge in [-0.25, -0.2) is 0 Å². The minimum absolute atomic E-state index is 0.210. The Bertz CT molecular complexity index is 240. The standard InChI is InChI=1S/C9H12O3/c10-6-2-1-3-8-4-5-9(7-11)12-8/h4-5,7,10H,1-3,6H2. The third kappa shape index (κ3) is 2.51. The molecule has 0 amide bonds. The van der Waals surface area contributed by atoms with E-state index in [2.05, 4.69) is 0 Å². The fraction of sp³-hybridized carbons (Fsp3) is 0.444. The number of unbranched alkanes of at least 4 members (excludes halogenated alkanes) is 1. The molecule has 0 radical (unpaired) electrons. The lowest BCUT2D eigenvalue weighted by atomic mass is 10.2. The number of aryl methyl sites for hydroxylation is 1. The van der Waals surface area contributed by atoms with E-state index in [0.29, 0.717) is 12.0 Å². The number of aliphatic hydroxyl groups excluding tert-OH is 1. The van der Waals surface area contributed by atoms with E-state index >= 15 is 0 Å². The SMILES string of the molecule is O=Cc1ccc(CCCCO)o1. The molecule has 0 spiro atoms. The Morgan fingerprint density at radius 2 is 2.25 bits per heavy atom. The van der Waals surface area contributed by atoms with E-state index in [1.807, 2.05) is 0 Å². The molecule has 66 valence electrons. The van der Waals surface area contributed by atoms with Crippen molar-refractivity contribution in [1.29, 1.82) is 0 Å². The first-order valence-electron chi connectivity index (χ1n) is 4.01. The third-order valence-corrected chi connectivity index (χ3v) is 1.63. The predicted molar refractivity (Wildman–Crippen MR) is 44.1 cm³/mol. The number of hydrogen-bond donors (Lipinski definition) is 1. The number of aliphatic hydroxyl groups is 1. The van der Waals surface area contributed by atoms with Crippen molar-refractivity contribution in [2.24, 2.45) is 0 Å². The highest BCUT2D eigenvalue weighted by Gasteiger charge is 1.99. The lowest BCUT2D eigenvalue weighted by Gasteiger charge is -1.93. The molecule has 0 bridgehead atoms. The van der Waals surface area contributed by atoms with Crippen LogP contribution in [0.25, 0.3) is 0 Å². The minimum atomic E-state index is 0.210. The zero-order chi connectivity index (χ0) is 8.81. The van der Waals surface area contributed by atoms with Crippen LogP contribution in [-0.4, -0.2) is 18.0 Å². The van der Waals surface area contributed by atoms with Crippen LogP contribution in [0.3, 0.4) is 0 Å². The topological polar surface area (TPSA) is 50.4 Å². The second-order valence-electron chi connectivity index (χ2n) is 2.60. The molecule has 1 N–H and O–H groups in total. The quantitative estimate of drug-likeness (QED) is 0.534. The van der Waals surface area contributed by atoms with E-state index in [-0.39, 0.29) is 6.61 Å². The van der Waals surface area contributed by atoms with Gasteiger partial charge in [0.25, 0.3) is 0 Å². The van der Waals surface area contributed by atoms with Crippen molar-refractivity contribution in [3.8, 4) is 0 Å². The lowest BCUT2D eigenvalue weighted by Crippen LogP contribution is -1.86. The van der Waals surface area contributed by atoms with Crippen LogP contribution in [0.1, 0.15) is 29.2 Å². The van der Waals surface area contributed by atoms with Gasteiger partial charge in [0.05, 0.1) is 0 Å². The third-order valence-electron chi connectivity index (χ3n) is 1.63. The van der Waals surface area contributed by atoms with E-state index in [1.165, 1.54) is 0 Å². The molecule has 0 aromatic carbocycles. The van der Waals surface area contributed by atoms with Gasteiger partial charge in [0.15, 0.2) is 12.0 Å². The van der Waals surface area contributed by atoms with Crippen LogP contribution in [0.5, 0.6) is 0 Å². The van der Waals surface area contributed by atoms with Gasteiger partial charge in [-0.2, -0.15) is 0 Å². The van der Waals surface area contributed by atoms with Crippen LogP contribution < -0.4 is 0 Å². The summed E-state index contributed by atoms with van der Waals surface area (Å²) in [6.45, 7) is 0.210. The maximum absolute atomic E-state index is 10.2. The molecule has 0 saturated carbocycles. The first-order valence-corrected chi connectivity index (χ1v) is 4.01. The van der Waals surface area contributed by atoms with Crippen molar-refractivity contribution in [1.82, 2.24) is 0 Å². The van der Waals surface area contributed by atoms with Crippen molar-refractivity contribution in [2.75, 3.05) is 6.61 Å². The van der Waals surface area contributed by atoms with Crippen LogP contribution >= 0.6 is 0 Å².